The van der Waals surface area contributed by atoms with Crippen molar-refractivity contribution in [2.45, 2.75) is 12.8 Å². The smallest absolute Gasteiger partial charge is 0.202 e. The summed E-state index contributed by atoms with van der Waals surface area (Å²) in [4.78, 5) is 0. The second-order valence-corrected chi connectivity index (χ2v) is 3.45. The van der Waals surface area contributed by atoms with E-state index in [4.69, 9.17) is 0 Å². The average molecular weight is 192 g/mol. The van der Waals surface area contributed by atoms with Crippen LogP contribution in [0.5, 0.6) is 0 Å². The fraction of sp³-hybridized carbons (Fsp3) is 0.167. The Hall–Kier alpha value is -1.44. The topological polar surface area (TPSA) is 0 Å². The van der Waals surface area contributed by atoms with Crippen LogP contribution >= 0.6 is 0 Å². The van der Waals surface area contributed by atoms with Gasteiger partial charge in [-0.15, -0.1) is 0 Å². The highest BCUT2D eigenvalue weighted by molar-refractivity contribution is 5.83. The van der Waals surface area contributed by atoms with Gasteiger partial charge in [0, 0.05) is 12.5 Å². The summed E-state index contributed by atoms with van der Waals surface area (Å²) in [6.07, 6.45) is 0. The van der Waals surface area contributed by atoms with Crippen LogP contribution in [0.1, 0.15) is 12.5 Å². The van der Waals surface area contributed by atoms with Crippen molar-refractivity contribution in [3.63, 3.8) is 0 Å². The number of hydrogen-bond donors (Lipinski definition) is 0. The molecule has 2 heteroatoms. The first-order chi connectivity index (χ1) is 6.57. The highest BCUT2D eigenvalue weighted by atomic mass is 19.3. The second kappa shape index (κ2) is 3.05. The van der Waals surface area contributed by atoms with E-state index in [0.29, 0.717) is 0 Å². The van der Waals surface area contributed by atoms with E-state index < -0.39 is 5.92 Å². The molecule has 0 nitrogen and oxygen atoms in total. The fourth-order valence-corrected chi connectivity index (χ4v) is 1.46. The molecule has 0 aliphatic rings. The second-order valence-electron chi connectivity index (χ2n) is 3.45. The molecule has 0 fully saturated rings. The van der Waals surface area contributed by atoms with Gasteiger partial charge in [0.15, 0.2) is 0 Å². The summed E-state index contributed by atoms with van der Waals surface area (Å²) < 4.78 is 26.0. The van der Waals surface area contributed by atoms with Crippen molar-refractivity contribution in [3.05, 3.63) is 48.0 Å². The number of halogens is 2. The van der Waals surface area contributed by atoms with Crippen LogP contribution in [0.15, 0.2) is 42.5 Å². The van der Waals surface area contributed by atoms with Crippen LogP contribution in [-0.2, 0) is 5.92 Å². The first-order valence-corrected chi connectivity index (χ1v) is 4.44. The van der Waals surface area contributed by atoms with Gasteiger partial charge in [-0.25, -0.2) is 8.78 Å². The molecule has 72 valence electrons. The summed E-state index contributed by atoms with van der Waals surface area (Å²) in [6, 6.07) is 12.2. The molecule has 0 aliphatic carbocycles. The minimum atomic E-state index is -2.76. The van der Waals surface area contributed by atoms with Gasteiger partial charge in [0.2, 0.25) is 0 Å². The first-order valence-electron chi connectivity index (χ1n) is 4.44. The standard InChI is InChI=1S/C12H10F2/c1-12(13,14)11-7-6-9-4-2-3-5-10(9)8-11/h2-8H,1H3. The molecule has 0 saturated carbocycles. The Balaban J connectivity index is 2.63. The average Bonchev–Trinajstić information content (AvgIpc) is 2.16. The normalized spacial score (nSPS) is 11.9. The summed E-state index contributed by atoms with van der Waals surface area (Å²) in [5.74, 6) is -2.76. The van der Waals surface area contributed by atoms with E-state index in [1.807, 2.05) is 24.3 Å². The Bertz CT molecular complexity index is 455. The third-order valence-electron chi connectivity index (χ3n) is 2.26. The molecule has 0 amide bonds. The van der Waals surface area contributed by atoms with Crippen molar-refractivity contribution < 1.29 is 8.78 Å². The van der Waals surface area contributed by atoms with Gasteiger partial charge in [0.05, 0.1) is 0 Å². The molecule has 2 aromatic rings. The molecule has 0 aromatic heterocycles. The van der Waals surface area contributed by atoms with Crippen molar-refractivity contribution in [1.82, 2.24) is 0 Å². The molecule has 2 rings (SSSR count). The molecule has 0 unspecified atom stereocenters. The zero-order chi connectivity index (χ0) is 10.2. The summed E-state index contributed by atoms with van der Waals surface area (Å²) in [6.45, 7) is 0.914. The van der Waals surface area contributed by atoms with E-state index in [1.165, 1.54) is 12.1 Å². The van der Waals surface area contributed by atoms with Gasteiger partial charge in [0.25, 0.3) is 5.92 Å². The molecule has 0 heterocycles. The molecule has 0 aliphatic heterocycles. The van der Waals surface area contributed by atoms with Crippen LogP contribution in [0.4, 0.5) is 8.78 Å². The molecular weight excluding hydrogens is 182 g/mol. The molecule has 0 spiro atoms. The SMILES string of the molecule is CC(F)(F)c1ccc2ccccc2c1. The van der Waals surface area contributed by atoms with Crippen LogP contribution in [0.25, 0.3) is 10.8 Å². The van der Waals surface area contributed by atoms with Crippen molar-refractivity contribution in [2.75, 3.05) is 0 Å². The maximum absolute atomic E-state index is 13.0. The Labute approximate surface area is 81.2 Å². The van der Waals surface area contributed by atoms with Crippen LogP contribution in [0.3, 0.4) is 0 Å². The minimum absolute atomic E-state index is 0.0659. The Morgan fingerprint density at radius 2 is 1.57 bits per heavy atom. The quantitative estimate of drug-likeness (QED) is 0.641. The summed E-state index contributed by atoms with van der Waals surface area (Å²) in [5, 5.41) is 1.84. The lowest BCUT2D eigenvalue weighted by molar-refractivity contribution is 0.0176. The Morgan fingerprint density at radius 1 is 0.929 bits per heavy atom. The summed E-state index contributed by atoms with van der Waals surface area (Å²) >= 11 is 0. The number of hydrogen-bond acceptors (Lipinski definition) is 0. The predicted molar refractivity (Wildman–Crippen MR) is 53.5 cm³/mol. The zero-order valence-electron chi connectivity index (χ0n) is 7.80. The van der Waals surface area contributed by atoms with Crippen LogP contribution < -0.4 is 0 Å². The van der Waals surface area contributed by atoms with Gasteiger partial charge in [-0.2, -0.15) is 0 Å². The zero-order valence-corrected chi connectivity index (χ0v) is 7.80. The maximum atomic E-state index is 13.0. The lowest BCUT2D eigenvalue weighted by atomic mass is 10.0. The monoisotopic (exact) mass is 192 g/mol. The van der Waals surface area contributed by atoms with E-state index in [9.17, 15) is 8.78 Å². The van der Waals surface area contributed by atoms with Crippen molar-refractivity contribution in [1.29, 1.82) is 0 Å². The number of benzene rings is 2. The Kier molecular flexibility index (Phi) is 1.99. The largest absolute Gasteiger partial charge is 0.270 e. The van der Waals surface area contributed by atoms with E-state index in [-0.39, 0.29) is 5.56 Å². The van der Waals surface area contributed by atoms with Crippen molar-refractivity contribution in [3.8, 4) is 0 Å². The first kappa shape index (κ1) is 9.13. The summed E-state index contributed by atoms with van der Waals surface area (Å²) in [7, 11) is 0. The van der Waals surface area contributed by atoms with Gasteiger partial charge in [-0.1, -0.05) is 36.4 Å². The van der Waals surface area contributed by atoms with E-state index in [1.54, 1.807) is 6.07 Å². The lowest BCUT2D eigenvalue weighted by Gasteiger charge is -2.10. The molecular formula is C12H10F2. The molecule has 0 saturated heterocycles. The van der Waals surface area contributed by atoms with Gasteiger partial charge in [0.1, 0.15) is 0 Å². The molecule has 14 heavy (non-hydrogen) atoms. The van der Waals surface area contributed by atoms with E-state index in [0.717, 1.165) is 17.7 Å². The molecule has 0 radical (unpaired) electrons. The summed E-state index contributed by atoms with van der Waals surface area (Å²) in [5.41, 5.74) is 0.0659. The van der Waals surface area contributed by atoms with Crippen LogP contribution in [0.2, 0.25) is 0 Å². The van der Waals surface area contributed by atoms with Gasteiger partial charge >= 0.3 is 0 Å². The lowest BCUT2D eigenvalue weighted by Crippen LogP contribution is -2.06. The van der Waals surface area contributed by atoms with Gasteiger partial charge in [-0.3, -0.25) is 0 Å². The fourth-order valence-electron chi connectivity index (χ4n) is 1.46. The van der Waals surface area contributed by atoms with E-state index in [2.05, 4.69) is 0 Å². The van der Waals surface area contributed by atoms with Crippen molar-refractivity contribution >= 4 is 10.8 Å². The molecule has 0 N–H and O–H groups in total. The van der Waals surface area contributed by atoms with Crippen molar-refractivity contribution in [2.24, 2.45) is 0 Å². The Morgan fingerprint density at radius 3 is 2.21 bits per heavy atom. The predicted octanol–water partition coefficient (Wildman–Crippen LogP) is 3.95. The van der Waals surface area contributed by atoms with Gasteiger partial charge < -0.3 is 0 Å². The molecule has 0 bridgehead atoms. The molecule has 2 aromatic carbocycles. The van der Waals surface area contributed by atoms with Gasteiger partial charge in [-0.05, 0) is 16.8 Å². The maximum Gasteiger partial charge on any atom is 0.270 e. The minimum Gasteiger partial charge on any atom is -0.202 e. The van der Waals surface area contributed by atoms with Crippen LogP contribution in [0, 0.1) is 0 Å². The number of rotatable bonds is 1. The van der Waals surface area contributed by atoms with Crippen LogP contribution in [-0.4, -0.2) is 0 Å². The number of fused-ring (bicyclic) bond motifs is 1. The third kappa shape index (κ3) is 1.60. The number of alkyl halides is 2. The van der Waals surface area contributed by atoms with E-state index >= 15 is 0 Å². The highest BCUT2D eigenvalue weighted by Gasteiger charge is 2.23. The molecule has 0 atom stereocenters. The third-order valence-corrected chi connectivity index (χ3v) is 2.26. The highest BCUT2D eigenvalue weighted by Crippen LogP contribution is 2.29.